The molecule has 0 aliphatic carbocycles. The number of nitrogens with zero attached hydrogens (tertiary/aromatic N) is 3. The Hall–Kier alpha value is -1.85. The summed E-state index contributed by atoms with van der Waals surface area (Å²) in [6.45, 7) is 9.39. The minimum absolute atomic E-state index is 0.729. The maximum Gasteiger partial charge on any atom is 0.145 e. The summed E-state index contributed by atoms with van der Waals surface area (Å²) in [5, 5.41) is 1.19. The number of fused-ring (bicyclic) bond motifs is 1. The number of morpholine rings is 1. The normalized spacial score (nSPS) is 21.8. The van der Waals surface area contributed by atoms with Crippen molar-refractivity contribution in [2.75, 3.05) is 57.9 Å². The van der Waals surface area contributed by atoms with Gasteiger partial charge in [0, 0.05) is 49.5 Å². The molecule has 25 heavy (non-hydrogen) atoms. The Balaban J connectivity index is 1.56. The number of aromatic nitrogens is 1. The Bertz CT molecular complexity index is 743. The van der Waals surface area contributed by atoms with E-state index in [9.17, 15) is 0 Å². The molecule has 0 saturated carbocycles. The number of hydrogen-bond donors (Lipinski definition) is 0. The van der Waals surface area contributed by atoms with Gasteiger partial charge in [-0.3, -0.25) is 4.90 Å². The highest BCUT2D eigenvalue weighted by atomic mass is 16.5. The van der Waals surface area contributed by atoms with E-state index in [2.05, 4.69) is 34.9 Å². The number of aryl methyl sites for hydroxylation is 1. The van der Waals surface area contributed by atoms with Crippen LogP contribution in [0.4, 0.5) is 5.69 Å². The van der Waals surface area contributed by atoms with E-state index in [1.165, 1.54) is 24.0 Å². The molecule has 2 saturated heterocycles. The number of anilines is 1. The van der Waals surface area contributed by atoms with Crippen LogP contribution in [-0.2, 0) is 4.74 Å². The summed E-state index contributed by atoms with van der Waals surface area (Å²) < 4.78 is 11.0. The third-order valence-electron chi connectivity index (χ3n) is 5.38. The van der Waals surface area contributed by atoms with Gasteiger partial charge in [0.05, 0.1) is 20.3 Å². The second-order valence-corrected chi connectivity index (χ2v) is 7.15. The molecule has 0 spiro atoms. The van der Waals surface area contributed by atoms with Crippen molar-refractivity contribution in [1.82, 2.24) is 9.88 Å². The fourth-order valence-corrected chi connectivity index (χ4v) is 4.10. The summed E-state index contributed by atoms with van der Waals surface area (Å²) in [6.07, 6.45) is 1.25. The van der Waals surface area contributed by atoms with Crippen LogP contribution in [0.1, 0.15) is 12.1 Å². The van der Waals surface area contributed by atoms with Crippen LogP contribution in [0.5, 0.6) is 5.75 Å². The van der Waals surface area contributed by atoms with E-state index in [-0.39, 0.29) is 0 Å². The zero-order chi connectivity index (χ0) is 17.2. The molecule has 2 aliphatic rings. The largest absolute Gasteiger partial charge is 0.494 e. The molecule has 1 atom stereocenters. The molecule has 2 fully saturated rings. The molecule has 3 heterocycles. The number of pyridine rings is 1. The van der Waals surface area contributed by atoms with Gasteiger partial charge in [-0.1, -0.05) is 12.1 Å². The SMILES string of the molecule is COc1cccc2c(N3CCC(CN4CCOCC4)C3)cc(C)nc12. The standard InChI is InChI=1S/C20H27N3O2/c1-15-12-18(17-4-3-5-19(24-2)20(17)21-15)23-7-6-16(14-23)13-22-8-10-25-11-9-22/h3-5,12,16H,6-11,13-14H2,1-2H3. The molecule has 5 nitrogen and oxygen atoms in total. The monoisotopic (exact) mass is 341 g/mol. The van der Waals surface area contributed by atoms with Crippen molar-refractivity contribution in [1.29, 1.82) is 0 Å². The third kappa shape index (κ3) is 3.44. The van der Waals surface area contributed by atoms with Crippen LogP contribution >= 0.6 is 0 Å². The molecule has 1 aromatic carbocycles. The van der Waals surface area contributed by atoms with Crippen molar-refractivity contribution in [2.24, 2.45) is 5.92 Å². The second kappa shape index (κ2) is 7.18. The second-order valence-electron chi connectivity index (χ2n) is 7.15. The maximum absolute atomic E-state index is 5.52. The predicted molar refractivity (Wildman–Crippen MR) is 101 cm³/mol. The van der Waals surface area contributed by atoms with Crippen molar-refractivity contribution >= 4 is 16.6 Å². The lowest BCUT2D eigenvalue weighted by Gasteiger charge is -2.29. The van der Waals surface area contributed by atoms with Crippen LogP contribution in [0.2, 0.25) is 0 Å². The summed E-state index contributed by atoms with van der Waals surface area (Å²) in [5.74, 6) is 1.58. The van der Waals surface area contributed by atoms with Gasteiger partial charge in [-0.2, -0.15) is 0 Å². The van der Waals surface area contributed by atoms with E-state index in [4.69, 9.17) is 14.5 Å². The number of benzene rings is 1. The highest BCUT2D eigenvalue weighted by Gasteiger charge is 2.26. The Kier molecular flexibility index (Phi) is 4.77. The Morgan fingerprint density at radius 3 is 2.88 bits per heavy atom. The van der Waals surface area contributed by atoms with Gasteiger partial charge in [-0.25, -0.2) is 4.98 Å². The summed E-state index contributed by atoms with van der Waals surface area (Å²) in [7, 11) is 1.71. The average Bonchev–Trinajstić information content (AvgIpc) is 3.09. The molecular formula is C20H27N3O2. The smallest absolute Gasteiger partial charge is 0.145 e. The van der Waals surface area contributed by atoms with Crippen LogP contribution in [0.3, 0.4) is 0 Å². The van der Waals surface area contributed by atoms with Gasteiger partial charge >= 0.3 is 0 Å². The van der Waals surface area contributed by atoms with Gasteiger partial charge in [-0.05, 0) is 31.4 Å². The van der Waals surface area contributed by atoms with Crippen LogP contribution in [-0.4, -0.2) is 62.9 Å². The van der Waals surface area contributed by atoms with Gasteiger partial charge < -0.3 is 14.4 Å². The number of hydrogen-bond acceptors (Lipinski definition) is 5. The molecule has 1 aromatic heterocycles. The first-order chi connectivity index (χ1) is 12.2. The topological polar surface area (TPSA) is 37.8 Å². The van der Waals surface area contributed by atoms with E-state index in [1.807, 2.05) is 6.07 Å². The van der Waals surface area contributed by atoms with Gasteiger partial charge in [0.15, 0.2) is 0 Å². The van der Waals surface area contributed by atoms with E-state index in [1.54, 1.807) is 7.11 Å². The molecule has 5 heteroatoms. The summed E-state index contributed by atoms with van der Waals surface area (Å²) in [6, 6.07) is 8.43. The zero-order valence-corrected chi connectivity index (χ0v) is 15.2. The molecular weight excluding hydrogens is 314 g/mol. The van der Waals surface area contributed by atoms with Crippen LogP contribution in [0.25, 0.3) is 10.9 Å². The van der Waals surface area contributed by atoms with Gasteiger partial charge in [-0.15, -0.1) is 0 Å². The highest BCUT2D eigenvalue weighted by Crippen LogP contribution is 2.34. The molecule has 1 unspecified atom stereocenters. The molecule has 0 N–H and O–H groups in total. The van der Waals surface area contributed by atoms with E-state index in [0.717, 1.165) is 62.3 Å². The lowest BCUT2D eigenvalue weighted by atomic mass is 10.1. The fourth-order valence-electron chi connectivity index (χ4n) is 4.10. The van der Waals surface area contributed by atoms with Crippen LogP contribution < -0.4 is 9.64 Å². The lowest BCUT2D eigenvalue weighted by Crippen LogP contribution is -2.39. The van der Waals surface area contributed by atoms with Crippen molar-refractivity contribution in [3.05, 3.63) is 30.0 Å². The fraction of sp³-hybridized carbons (Fsp3) is 0.550. The van der Waals surface area contributed by atoms with Crippen molar-refractivity contribution in [3.8, 4) is 5.75 Å². The molecule has 134 valence electrons. The van der Waals surface area contributed by atoms with E-state index >= 15 is 0 Å². The van der Waals surface area contributed by atoms with Crippen LogP contribution in [0, 0.1) is 12.8 Å². The lowest BCUT2D eigenvalue weighted by molar-refractivity contribution is 0.0320. The Labute approximate surface area is 149 Å². The molecule has 4 rings (SSSR count). The molecule has 0 amide bonds. The van der Waals surface area contributed by atoms with Crippen molar-refractivity contribution in [2.45, 2.75) is 13.3 Å². The van der Waals surface area contributed by atoms with Crippen molar-refractivity contribution in [3.63, 3.8) is 0 Å². The van der Waals surface area contributed by atoms with Gasteiger partial charge in [0.2, 0.25) is 0 Å². The quantitative estimate of drug-likeness (QED) is 0.855. The first-order valence-electron chi connectivity index (χ1n) is 9.24. The summed E-state index contributed by atoms with van der Waals surface area (Å²) in [5.41, 5.74) is 3.31. The third-order valence-corrected chi connectivity index (χ3v) is 5.38. The van der Waals surface area contributed by atoms with Gasteiger partial charge in [0.25, 0.3) is 0 Å². The predicted octanol–water partition coefficient (Wildman–Crippen LogP) is 2.71. The van der Waals surface area contributed by atoms with Crippen LogP contribution in [0.15, 0.2) is 24.3 Å². The molecule has 2 aromatic rings. The number of ether oxygens (including phenoxy) is 2. The number of para-hydroxylation sites is 1. The first-order valence-corrected chi connectivity index (χ1v) is 9.24. The minimum atomic E-state index is 0.729. The molecule has 0 radical (unpaired) electrons. The highest BCUT2D eigenvalue weighted by molar-refractivity contribution is 5.95. The number of rotatable bonds is 4. The Morgan fingerprint density at radius 2 is 2.08 bits per heavy atom. The summed E-state index contributed by atoms with van der Waals surface area (Å²) in [4.78, 5) is 9.80. The minimum Gasteiger partial charge on any atom is -0.494 e. The van der Waals surface area contributed by atoms with E-state index in [0.29, 0.717) is 0 Å². The molecule has 0 bridgehead atoms. The maximum atomic E-state index is 5.52. The average molecular weight is 341 g/mol. The van der Waals surface area contributed by atoms with E-state index < -0.39 is 0 Å². The summed E-state index contributed by atoms with van der Waals surface area (Å²) >= 11 is 0. The zero-order valence-electron chi connectivity index (χ0n) is 15.2. The molecule has 2 aliphatic heterocycles. The number of methoxy groups -OCH3 is 1. The van der Waals surface area contributed by atoms with Crippen molar-refractivity contribution < 1.29 is 9.47 Å². The Morgan fingerprint density at radius 1 is 1.24 bits per heavy atom. The van der Waals surface area contributed by atoms with Gasteiger partial charge in [0.1, 0.15) is 11.3 Å². The first kappa shape index (κ1) is 16.6.